The van der Waals surface area contributed by atoms with Crippen LogP contribution in [0.25, 0.3) is 22.9 Å². The third kappa shape index (κ3) is 2.48. The van der Waals surface area contributed by atoms with Gasteiger partial charge in [-0.05, 0) is 35.7 Å². The molecule has 0 bridgehead atoms. The number of hydrogen-bond donors (Lipinski definition) is 0. The summed E-state index contributed by atoms with van der Waals surface area (Å²) in [4.78, 5) is 0. The van der Waals surface area contributed by atoms with Crippen molar-refractivity contribution in [1.29, 1.82) is 0 Å². The van der Waals surface area contributed by atoms with E-state index in [1.54, 1.807) is 0 Å². The van der Waals surface area contributed by atoms with Gasteiger partial charge in [-0.15, -0.1) is 10.2 Å². The summed E-state index contributed by atoms with van der Waals surface area (Å²) < 4.78 is 5.73. The summed E-state index contributed by atoms with van der Waals surface area (Å²) in [6, 6.07) is 18.0. The fraction of sp³-hybridized carbons (Fsp3) is 0.176. The highest BCUT2D eigenvalue weighted by molar-refractivity contribution is 5.58. The van der Waals surface area contributed by atoms with Crippen molar-refractivity contribution in [3.05, 3.63) is 60.2 Å². The van der Waals surface area contributed by atoms with E-state index in [-0.39, 0.29) is 0 Å². The maximum absolute atomic E-state index is 5.73. The van der Waals surface area contributed by atoms with Gasteiger partial charge in [-0.1, -0.05) is 44.2 Å². The zero-order valence-corrected chi connectivity index (χ0v) is 11.6. The summed E-state index contributed by atoms with van der Waals surface area (Å²) >= 11 is 0. The van der Waals surface area contributed by atoms with Crippen LogP contribution < -0.4 is 0 Å². The van der Waals surface area contributed by atoms with Crippen LogP contribution in [0.4, 0.5) is 0 Å². The van der Waals surface area contributed by atoms with E-state index in [1.165, 1.54) is 5.56 Å². The molecular formula is C17H16N2O. The van der Waals surface area contributed by atoms with Crippen molar-refractivity contribution in [3.8, 4) is 22.9 Å². The summed E-state index contributed by atoms with van der Waals surface area (Å²) in [6.07, 6.45) is 0. The zero-order chi connectivity index (χ0) is 13.9. The molecule has 0 saturated heterocycles. The molecule has 0 saturated carbocycles. The molecule has 0 radical (unpaired) electrons. The molecule has 3 heteroatoms. The lowest BCUT2D eigenvalue weighted by atomic mass is 10.0. The molecule has 0 unspecified atom stereocenters. The fourth-order valence-corrected chi connectivity index (χ4v) is 2.05. The van der Waals surface area contributed by atoms with Crippen molar-refractivity contribution >= 4 is 0 Å². The predicted octanol–water partition coefficient (Wildman–Crippen LogP) is 4.53. The molecule has 3 aromatic rings. The first-order valence-electron chi connectivity index (χ1n) is 6.73. The normalized spacial score (nSPS) is 10.9. The molecule has 0 aliphatic rings. The van der Waals surface area contributed by atoms with Gasteiger partial charge < -0.3 is 4.42 Å². The van der Waals surface area contributed by atoms with Crippen LogP contribution in [0, 0.1) is 0 Å². The zero-order valence-electron chi connectivity index (χ0n) is 11.6. The lowest BCUT2D eigenvalue weighted by Gasteiger charge is -2.04. The second kappa shape index (κ2) is 5.29. The van der Waals surface area contributed by atoms with Gasteiger partial charge in [0, 0.05) is 11.1 Å². The van der Waals surface area contributed by atoms with E-state index in [2.05, 4.69) is 36.2 Å². The van der Waals surface area contributed by atoms with E-state index in [0.29, 0.717) is 17.7 Å². The number of rotatable bonds is 3. The Morgan fingerprint density at radius 1 is 0.750 bits per heavy atom. The molecule has 0 spiro atoms. The smallest absolute Gasteiger partial charge is 0.248 e. The van der Waals surface area contributed by atoms with Gasteiger partial charge in [-0.25, -0.2) is 0 Å². The van der Waals surface area contributed by atoms with Crippen molar-refractivity contribution in [2.24, 2.45) is 0 Å². The number of aromatic nitrogens is 2. The highest BCUT2D eigenvalue weighted by Crippen LogP contribution is 2.25. The molecule has 3 nitrogen and oxygen atoms in total. The highest BCUT2D eigenvalue weighted by Gasteiger charge is 2.10. The second-order valence-electron chi connectivity index (χ2n) is 5.06. The van der Waals surface area contributed by atoms with Crippen molar-refractivity contribution in [3.63, 3.8) is 0 Å². The quantitative estimate of drug-likeness (QED) is 0.697. The van der Waals surface area contributed by atoms with Crippen molar-refractivity contribution in [1.82, 2.24) is 10.2 Å². The molecule has 1 heterocycles. The van der Waals surface area contributed by atoms with Gasteiger partial charge in [0.2, 0.25) is 11.8 Å². The van der Waals surface area contributed by atoms with Gasteiger partial charge in [0.1, 0.15) is 0 Å². The van der Waals surface area contributed by atoms with Crippen LogP contribution >= 0.6 is 0 Å². The maximum Gasteiger partial charge on any atom is 0.248 e. The first-order chi connectivity index (χ1) is 9.74. The molecule has 0 fully saturated rings. The molecule has 0 N–H and O–H groups in total. The van der Waals surface area contributed by atoms with E-state index in [4.69, 9.17) is 4.42 Å². The minimum Gasteiger partial charge on any atom is -0.416 e. The van der Waals surface area contributed by atoms with Crippen LogP contribution in [0.2, 0.25) is 0 Å². The third-order valence-corrected chi connectivity index (χ3v) is 3.27. The van der Waals surface area contributed by atoms with Crippen LogP contribution in [0.15, 0.2) is 59.0 Å². The van der Waals surface area contributed by atoms with Crippen LogP contribution in [0.3, 0.4) is 0 Å². The summed E-state index contributed by atoms with van der Waals surface area (Å²) in [5.41, 5.74) is 3.19. The van der Waals surface area contributed by atoms with Crippen molar-refractivity contribution < 1.29 is 4.42 Å². The van der Waals surface area contributed by atoms with Gasteiger partial charge in [0.25, 0.3) is 0 Å². The number of hydrogen-bond acceptors (Lipinski definition) is 3. The van der Waals surface area contributed by atoms with Gasteiger partial charge in [-0.2, -0.15) is 0 Å². The summed E-state index contributed by atoms with van der Waals surface area (Å²) in [7, 11) is 0. The van der Waals surface area contributed by atoms with E-state index in [1.807, 2.05) is 42.5 Å². The van der Waals surface area contributed by atoms with E-state index in [0.717, 1.165) is 11.1 Å². The van der Waals surface area contributed by atoms with Gasteiger partial charge >= 0.3 is 0 Å². The topological polar surface area (TPSA) is 38.9 Å². The van der Waals surface area contributed by atoms with Gasteiger partial charge in [0.05, 0.1) is 0 Å². The molecule has 0 aliphatic carbocycles. The second-order valence-corrected chi connectivity index (χ2v) is 5.06. The van der Waals surface area contributed by atoms with Crippen LogP contribution in [0.5, 0.6) is 0 Å². The number of nitrogens with zero attached hydrogens (tertiary/aromatic N) is 2. The Bertz CT molecular complexity index is 685. The Morgan fingerprint density at radius 3 is 1.85 bits per heavy atom. The number of benzene rings is 2. The van der Waals surface area contributed by atoms with Crippen molar-refractivity contribution in [2.75, 3.05) is 0 Å². The van der Waals surface area contributed by atoms with E-state index >= 15 is 0 Å². The third-order valence-electron chi connectivity index (χ3n) is 3.27. The maximum atomic E-state index is 5.73. The van der Waals surface area contributed by atoms with Crippen molar-refractivity contribution in [2.45, 2.75) is 19.8 Å². The minimum absolute atomic E-state index is 0.520. The molecule has 3 rings (SSSR count). The molecule has 0 amide bonds. The average molecular weight is 264 g/mol. The lowest BCUT2D eigenvalue weighted by Crippen LogP contribution is -1.86. The summed E-state index contributed by atoms with van der Waals surface area (Å²) in [6.45, 7) is 4.35. The Morgan fingerprint density at radius 2 is 1.30 bits per heavy atom. The molecule has 0 aliphatic heterocycles. The van der Waals surface area contributed by atoms with Crippen LogP contribution in [-0.4, -0.2) is 10.2 Å². The monoisotopic (exact) mass is 264 g/mol. The largest absolute Gasteiger partial charge is 0.416 e. The molecule has 20 heavy (non-hydrogen) atoms. The standard InChI is InChI=1S/C17H16N2O/c1-12(2)13-8-10-15(11-9-13)17-19-18-16(20-17)14-6-4-3-5-7-14/h3-12H,1-2H3. The van der Waals surface area contributed by atoms with E-state index in [9.17, 15) is 0 Å². The Balaban J connectivity index is 1.90. The average Bonchev–Trinajstić information content (AvgIpc) is 2.98. The van der Waals surface area contributed by atoms with Crippen LogP contribution in [-0.2, 0) is 0 Å². The van der Waals surface area contributed by atoms with E-state index < -0.39 is 0 Å². The molecule has 0 atom stereocenters. The Kier molecular flexibility index (Phi) is 3.33. The Labute approximate surface area is 118 Å². The first-order valence-corrected chi connectivity index (χ1v) is 6.73. The van der Waals surface area contributed by atoms with Gasteiger partial charge in [-0.3, -0.25) is 0 Å². The highest BCUT2D eigenvalue weighted by atomic mass is 16.4. The Hall–Kier alpha value is -2.42. The lowest BCUT2D eigenvalue weighted by molar-refractivity contribution is 0.584. The fourth-order valence-electron chi connectivity index (χ4n) is 2.05. The van der Waals surface area contributed by atoms with Crippen LogP contribution in [0.1, 0.15) is 25.3 Å². The first kappa shape index (κ1) is 12.6. The minimum atomic E-state index is 0.520. The molecular weight excluding hydrogens is 248 g/mol. The molecule has 2 aromatic carbocycles. The SMILES string of the molecule is CC(C)c1ccc(-c2nnc(-c3ccccc3)o2)cc1. The summed E-state index contributed by atoms with van der Waals surface area (Å²) in [5.74, 6) is 1.62. The molecule has 100 valence electrons. The predicted molar refractivity (Wildman–Crippen MR) is 79.3 cm³/mol. The molecule has 1 aromatic heterocycles. The summed E-state index contributed by atoms with van der Waals surface area (Å²) in [5, 5.41) is 8.22. The van der Waals surface area contributed by atoms with Gasteiger partial charge in [0.15, 0.2) is 0 Å².